The van der Waals surface area contributed by atoms with Crippen molar-refractivity contribution in [2.24, 2.45) is 0 Å². The van der Waals surface area contributed by atoms with E-state index in [4.69, 9.17) is 11.6 Å². The van der Waals surface area contributed by atoms with Crippen molar-refractivity contribution < 1.29 is 4.79 Å². The number of hydrogen-bond donors (Lipinski definition) is 1. The number of halogens is 1. The van der Waals surface area contributed by atoms with Crippen LogP contribution in [0.15, 0.2) is 11.6 Å². The Morgan fingerprint density at radius 3 is 3.31 bits per heavy atom. The molecule has 16 heavy (non-hydrogen) atoms. The van der Waals surface area contributed by atoms with Gasteiger partial charge in [-0.15, -0.1) is 22.9 Å². The highest BCUT2D eigenvalue weighted by Gasteiger charge is 2.22. The number of carbonyl (C=O) groups is 1. The zero-order chi connectivity index (χ0) is 11.4. The highest BCUT2D eigenvalue weighted by atomic mass is 35.5. The van der Waals surface area contributed by atoms with Crippen LogP contribution in [0.25, 0.3) is 0 Å². The topological polar surface area (TPSA) is 45.2 Å². The van der Waals surface area contributed by atoms with Crippen LogP contribution in [-0.2, 0) is 4.79 Å². The number of thiazole rings is 1. The van der Waals surface area contributed by atoms with Gasteiger partial charge in [0.15, 0.2) is 5.13 Å². The summed E-state index contributed by atoms with van der Waals surface area (Å²) < 4.78 is 0. The number of carbonyl (C=O) groups excluding carboxylic acids is 1. The number of nitrogens with one attached hydrogen (secondary N) is 1. The Morgan fingerprint density at radius 1 is 1.75 bits per heavy atom. The molecule has 88 valence electrons. The minimum Gasteiger partial charge on any atom is -0.351 e. The van der Waals surface area contributed by atoms with Gasteiger partial charge in [-0.05, 0) is 12.8 Å². The molecule has 0 aromatic carbocycles. The van der Waals surface area contributed by atoms with Crippen LogP contribution >= 0.6 is 22.9 Å². The number of rotatable bonds is 3. The second-order valence-electron chi connectivity index (χ2n) is 3.80. The molecule has 1 atom stereocenters. The van der Waals surface area contributed by atoms with E-state index in [0.717, 1.165) is 31.1 Å². The number of aromatic nitrogens is 1. The van der Waals surface area contributed by atoms with Gasteiger partial charge in [0.25, 0.3) is 0 Å². The van der Waals surface area contributed by atoms with Crippen LogP contribution < -0.4 is 10.2 Å². The van der Waals surface area contributed by atoms with E-state index < -0.39 is 0 Å². The van der Waals surface area contributed by atoms with Crippen LogP contribution in [0, 0.1) is 0 Å². The Kier molecular flexibility index (Phi) is 4.01. The van der Waals surface area contributed by atoms with E-state index >= 15 is 0 Å². The molecule has 1 amide bonds. The van der Waals surface area contributed by atoms with Crippen LogP contribution in [0.4, 0.5) is 5.13 Å². The van der Waals surface area contributed by atoms with Crippen molar-refractivity contribution >= 4 is 34.0 Å². The fourth-order valence-corrected chi connectivity index (χ4v) is 2.66. The van der Waals surface area contributed by atoms with E-state index in [2.05, 4.69) is 15.2 Å². The average Bonchev–Trinajstić information content (AvgIpc) is 2.83. The largest absolute Gasteiger partial charge is 0.351 e. The molecule has 4 nitrogen and oxygen atoms in total. The van der Waals surface area contributed by atoms with Crippen LogP contribution in [-0.4, -0.2) is 35.9 Å². The summed E-state index contributed by atoms with van der Waals surface area (Å²) in [5.41, 5.74) is 0. The number of hydrogen-bond acceptors (Lipinski definition) is 4. The van der Waals surface area contributed by atoms with Crippen LogP contribution in [0.5, 0.6) is 0 Å². The van der Waals surface area contributed by atoms with Crippen molar-refractivity contribution in [3.63, 3.8) is 0 Å². The van der Waals surface area contributed by atoms with Gasteiger partial charge in [-0.1, -0.05) is 0 Å². The second kappa shape index (κ2) is 5.50. The number of nitrogens with zero attached hydrogens (tertiary/aromatic N) is 2. The lowest BCUT2D eigenvalue weighted by Crippen LogP contribution is -2.48. The van der Waals surface area contributed by atoms with E-state index in [0.29, 0.717) is 0 Å². The number of amides is 1. The lowest BCUT2D eigenvalue weighted by molar-refractivity contribution is -0.119. The SMILES string of the molecule is O=C(CCl)N[C@H]1CCCN(c2nccs2)C1. The molecule has 6 heteroatoms. The molecule has 1 N–H and O–H groups in total. The first-order chi connectivity index (χ1) is 7.79. The fraction of sp³-hybridized carbons (Fsp3) is 0.600. The fourth-order valence-electron chi connectivity index (χ4n) is 1.91. The molecular formula is C10H14ClN3OS. The van der Waals surface area contributed by atoms with Gasteiger partial charge in [-0.25, -0.2) is 4.98 Å². The molecule has 0 aliphatic carbocycles. The number of piperidine rings is 1. The summed E-state index contributed by atoms with van der Waals surface area (Å²) in [5.74, 6) is -0.0547. The molecule has 0 bridgehead atoms. The first kappa shape index (κ1) is 11.7. The van der Waals surface area contributed by atoms with E-state index in [1.807, 2.05) is 5.38 Å². The predicted molar refractivity (Wildman–Crippen MR) is 66.2 cm³/mol. The number of alkyl halides is 1. The van der Waals surface area contributed by atoms with Crippen molar-refractivity contribution in [1.29, 1.82) is 0 Å². The molecular weight excluding hydrogens is 246 g/mol. The molecule has 1 aliphatic heterocycles. The zero-order valence-corrected chi connectivity index (χ0v) is 10.4. The Morgan fingerprint density at radius 2 is 2.62 bits per heavy atom. The van der Waals surface area contributed by atoms with Gasteiger partial charge >= 0.3 is 0 Å². The molecule has 0 spiro atoms. The van der Waals surface area contributed by atoms with Crippen molar-refractivity contribution in [1.82, 2.24) is 10.3 Å². The van der Waals surface area contributed by atoms with Crippen LogP contribution in [0.3, 0.4) is 0 Å². The molecule has 1 aromatic rings. The quantitative estimate of drug-likeness (QED) is 0.836. The third-order valence-electron chi connectivity index (χ3n) is 2.60. The smallest absolute Gasteiger partial charge is 0.235 e. The molecule has 2 rings (SSSR count). The summed E-state index contributed by atoms with van der Waals surface area (Å²) in [6.45, 7) is 1.84. The summed E-state index contributed by atoms with van der Waals surface area (Å²) in [6.07, 6.45) is 3.90. The first-order valence-corrected chi connectivity index (χ1v) is 6.71. The predicted octanol–water partition coefficient (Wildman–Crippen LogP) is 1.47. The zero-order valence-electron chi connectivity index (χ0n) is 8.86. The molecule has 1 saturated heterocycles. The minimum atomic E-state index is -0.0901. The van der Waals surface area contributed by atoms with E-state index in [-0.39, 0.29) is 17.8 Å². The molecule has 1 aromatic heterocycles. The molecule has 2 heterocycles. The van der Waals surface area contributed by atoms with Crippen LogP contribution in [0.2, 0.25) is 0 Å². The molecule has 0 unspecified atom stereocenters. The Hall–Kier alpha value is -0.810. The minimum absolute atomic E-state index is 0.0355. The van der Waals surface area contributed by atoms with E-state index in [1.165, 1.54) is 0 Å². The first-order valence-electron chi connectivity index (χ1n) is 5.29. The highest BCUT2D eigenvalue weighted by molar-refractivity contribution is 7.13. The Balaban J connectivity index is 1.91. The van der Waals surface area contributed by atoms with Gasteiger partial charge in [0.05, 0.1) is 0 Å². The second-order valence-corrected chi connectivity index (χ2v) is 4.94. The third kappa shape index (κ3) is 2.86. The lowest BCUT2D eigenvalue weighted by Gasteiger charge is -2.32. The summed E-state index contributed by atoms with van der Waals surface area (Å²) in [6, 6.07) is 0.198. The maximum Gasteiger partial charge on any atom is 0.235 e. The van der Waals surface area contributed by atoms with E-state index in [9.17, 15) is 4.79 Å². The van der Waals surface area contributed by atoms with Crippen molar-refractivity contribution in [3.05, 3.63) is 11.6 Å². The van der Waals surface area contributed by atoms with Gasteiger partial charge < -0.3 is 10.2 Å². The van der Waals surface area contributed by atoms with Gasteiger partial charge in [0.2, 0.25) is 5.91 Å². The summed E-state index contributed by atoms with van der Waals surface area (Å²) in [5, 5.41) is 5.93. The summed E-state index contributed by atoms with van der Waals surface area (Å²) in [4.78, 5) is 17.7. The molecule has 0 radical (unpaired) electrons. The summed E-state index contributed by atoms with van der Waals surface area (Å²) >= 11 is 7.10. The standard InChI is InChI=1S/C10H14ClN3OS/c11-6-9(15)13-8-2-1-4-14(7-8)10-12-3-5-16-10/h3,5,8H,1-2,4,6-7H2,(H,13,15)/t8-/m0/s1. The van der Waals surface area contributed by atoms with Crippen molar-refractivity contribution in [2.75, 3.05) is 23.9 Å². The normalized spacial score (nSPS) is 20.8. The van der Waals surface area contributed by atoms with Crippen molar-refractivity contribution in [3.8, 4) is 0 Å². The van der Waals surface area contributed by atoms with Crippen molar-refractivity contribution in [2.45, 2.75) is 18.9 Å². The summed E-state index contributed by atoms with van der Waals surface area (Å²) in [7, 11) is 0. The molecule has 0 saturated carbocycles. The maximum absolute atomic E-state index is 11.2. The Bertz CT molecular complexity index is 344. The van der Waals surface area contributed by atoms with Gasteiger partial charge in [0, 0.05) is 30.7 Å². The Labute approximate surface area is 104 Å². The third-order valence-corrected chi connectivity index (χ3v) is 3.67. The highest BCUT2D eigenvalue weighted by Crippen LogP contribution is 2.21. The monoisotopic (exact) mass is 259 g/mol. The van der Waals surface area contributed by atoms with Gasteiger partial charge in [-0.3, -0.25) is 4.79 Å². The van der Waals surface area contributed by atoms with Gasteiger partial charge in [0.1, 0.15) is 5.88 Å². The average molecular weight is 260 g/mol. The van der Waals surface area contributed by atoms with Gasteiger partial charge in [-0.2, -0.15) is 0 Å². The van der Waals surface area contributed by atoms with E-state index in [1.54, 1.807) is 17.5 Å². The van der Waals surface area contributed by atoms with Crippen LogP contribution in [0.1, 0.15) is 12.8 Å². The molecule has 1 fully saturated rings. The lowest BCUT2D eigenvalue weighted by atomic mass is 10.1. The number of anilines is 1. The molecule has 1 aliphatic rings. The maximum atomic E-state index is 11.2.